The van der Waals surface area contributed by atoms with Gasteiger partial charge in [-0.3, -0.25) is 16.3 Å². The Hall–Kier alpha value is -1.23. The normalized spacial score (nSPS) is 12.6. The molecule has 0 aromatic carbocycles. The summed E-state index contributed by atoms with van der Waals surface area (Å²) < 4.78 is 0. The van der Waals surface area contributed by atoms with E-state index in [4.69, 9.17) is 5.84 Å². The Morgan fingerprint density at radius 1 is 1.17 bits per heavy atom. The van der Waals surface area contributed by atoms with Gasteiger partial charge in [-0.05, 0) is 49.1 Å². The summed E-state index contributed by atoms with van der Waals surface area (Å²) in [5, 5.41) is 0. The van der Waals surface area contributed by atoms with Gasteiger partial charge < -0.3 is 0 Å². The van der Waals surface area contributed by atoms with Crippen LogP contribution in [0.4, 0.5) is 0 Å². The van der Waals surface area contributed by atoms with E-state index in [0.29, 0.717) is 0 Å². The molecular formula is C14H19N3S. The van der Waals surface area contributed by atoms with Crippen molar-refractivity contribution < 1.29 is 0 Å². The molecule has 2 heterocycles. The van der Waals surface area contributed by atoms with Crippen molar-refractivity contribution in [2.45, 2.75) is 32.2 Å². The summed E-state index contributed by atoms with van der Waals surface area (Å²) in [7, 11) is 0. The van der Waals surface area contributed by atoms with Gasteiger partial charge in [-0.15, -0.1) is 11.3 Å². The quantitative estimate of drug-likeness (QED) is 0.620. The van der Waals surface area contributed by atoms with Crippen molar-refractivity contribution in [1.29, 1.82) is 0 Å². The molecule has 0 aliphatic carbocycles. The average Bonchev–Trinajstić information content (AvgIpc) is 2.87. The topological polar surface area (TPSA) is 50.9 Å². The second-order valence-electron chi connectivity index (χ2n) is 4.35. The Morgan fingerprint density at radius 3 is 2.50 bits per heavy atom. The summed E-state index contributed by atoms with van der Waals surface area (Å²) in [6.07, 6.45) is 6.66. The number of pyridine rings is 1. The molecule has 0 saturated carbocycles. The Kier molecular flexibility index (Phi) is 4.87. The zero-order valence-electron chi connectivity index (χ0n) is 10.6. The van der Waals surface area contributed by atoms with Crippen LogP contribution in [0.5, 0.6) is 0 Å². The van der Waals surface area contributed by atoms with Crippen LogP contribution >= 0.6 is 11.3 Å². The van der Waals surface area contributed by atoms with Crippen LogP contribution in [0.2, 0.25) is 0 Å². The first-order chi connectivity index (χ1) is 8.81. The molecule has 18 heavy (non-hydrogen) atoms. The molecule has 3 nitrogen and oxygen atoms in total. The number of nitrogens with zero attached hydrogens (tertiary/aromatic N) is 1. The molecule has 0 aliphatic heterocycles. The maximum absolute atomic E-state index is 5.65. The average molecular weight is 261 g/mol. The number of nitrogens with one attached hydrogen (secondary N) is 1. The molecule has 0 fully saturated rings. The lowest BCUT2D eigenvalue weighted by Crippen LogP contribution is -2.38. The fraction of sp³-hybridized carbons (Fsp3) is 0.357. The summed E-state index contributed by atoms with van der Waals surface area (Å²) in [6.45, 7) is 2.19. The first kappa shape index (κ1) is 13.2. The Labute approximate surface area is 112 Å². The van der Waals surface area contributed by atoms with Gasteiger partial charge in [-0.1, -0.05) is 6.92 Å². The largest absolute Gasteiger partial charge is 0.271 e. The Balaban J connectivity index is 1.97. The molecular weight excluding hydrogens is 242 g/mol. The van der Waals surface area contributed by atoms with E-state index >= 15 is 0 Å². The van der Waals surface area contributed by atoms with E-state index in [1.807, 2.05) is 35.9 Å². The highest BCUT2D eigenvalue weighted by Gasteiger charge is 2.10. The summed E-state index contributed by atoms with van der Waals surface area (Å²) in [6, 6.07) is 8.77. The molecule has 2 rings (SSSR count). The van der Waals surface area contributed by atoms with E-state index in [1.54, 1.807) is 0 Å². The van der Waals surface area contributed by atoms with Gasteiger partial charge in [0.1, 0.15) is 0 Å². The number of nitrogens with two attached hydrogens (primary N) is 1. The molecule has 3 N–H and O–H groups in total. The van der Waals surface area contributed by atoms with E-state index in [1.165, 1.54) is 15.3 Å². The second-order valence-corrected chi connectivity index (χ2v) is 5.60. The molecule has 1 unspecified atom stereocenters. The molecule has 4 heteroatoms. The lowest BCUT2D eigenvalue weighted by molar-refractivity contribution is 0.525. The second kappa shape index (κ2) is 6.64. The maximum Gasteiger partial charge on any atom is 0.0299 e. The third-order valence-corrected chi connectivity index (χ3v) is 4.23. The Morgan fingerprint density at radius 2 is 1.89 bits per heavy atom. The fourth-order valence-corrected chi connectivity index (χ4v) is 3.00. The van der Waals surface area contributed by atoms with Crippen LogP contribution in [-0.2, 0) is 19.3 Å². The minimum absolute atomic E-state index is 0.274. The molecule has 0 amide bonds. The van der Waals surface area contributed by atoms with Crippen LogP contribution in [0.25, 0.3) is 0 Å². The molecule has 0 saturated heterocycles. The smallest absolute Gasteiger partial charge is 0.0299 e. The third-order valence-electron chi connectivity index (χ3n) is 2.98. The number of hydrogen-bond acceptors (Lipinski definition) is 4. The predicted octanol–water partition coefficient (Wildman–Crippen LogP) is 2.32. The van der Waals surface area contributed by atoms with E-state index in [9.17, 15) is 0 Å². The van der Waals surface area contributed by atoms with Crippen molar-refractivity contribution in [3.63, 3.8) is 0 Å². The summed E-state index contributed by atoms with van der Waals surface area (Å²) in [5.41, 5.74) is 4.18. The minimum atomic E-state index is 0.274. The summed E-state index contributed by atoms with van der Waals surface area (Å²) in [5.74, 6) is 5.65. The van der Waals surface area contributed by atoms with Crippen molar-refractivity contribution in [3.05, 3.63) is 52.0 Å². The van der Waals surface area contributed by atoms with Crippen molar-refractivity contribution in [2.75, 3.05) is 0 Å². The van der Waals surface area contributed by atoms with Crippen molar-refractivity contribution >= 4 is 11.3 Å². The zero-order valence-corrected chi connectivity index (χ0v) is 11.4. The highest BCUT2D eigenvalue weighted by atomic mass is 32.1. The van der Waals surface area contributed by atoms with Crippen LogP contribution in [0.1, 0.15) is 22.2 Å². The third kappa shape index (κ3) is 3.63. The molecule has 2 aromatic rings. The molecule has 0 aliphatic rings. The lowest BCUT2D eigenvalue weighted by Gasteiger charge is -2.14. The van der Waals surface area contributed by atoms with Gasteiger partial charge in [-0.25, -0.2) is 0 Å². The molecule has 0 spiro atoms. The number of aryl methyl sites for hydroxylation is 1. The van der Waals surface area contributed by atoms with Crippen molar-refractivity contribution in [1.82, 2.24) is 10.4 Å². The first-order valence-electron chi connectivity index (χ1n) is 6.24. The highest BCUT2D eigenvalue weighted by Crippen LogP contribution is 2.19. The number of hydrogen-bond donors (Lipinski definition) is 2. The van der Waals surface area contributed by atoms with Crippen LogP contribution in [-0.4, -0.2) is 11.0 Å². The van der Waals surface area contributed by atoms with E-state index in [2.05, 4.69) is 29.5 Å². The predicted molar refractivity (Wildman–Crippen MR) is 76.5 cm³/mol. The monoisotopic (exact) mass is 261 g/mol. The first-order valence-corrected chi connectivity index (χ1v) is 7.06. The number of hydrazine groups is 1. The molecule has 96 valence electrons. The molecule has 2 aromatic heterocycles. The molecule has 1 atom stereocenters. The van der Waals surface area contributed by atoms with Crippen LogP contribution < -0.4 is 11.3 Å². The summed E-state index contributed by atoms with van der Waals surface area (Å²) >= 11 is 1.88. The van der Waals surface area contributed by atoms with E-state index in [0.717, 1.165) is 19.3 Å². The number of rotatable bonds is 6. The van der Waals surface area contributed by atoms with Gasteiger partial charge in [0.2, 0.25) is 0 Å². The Bertz CT molecular complexity index is 467. The van der Waals surface area contributed by atoms with Gasteiger partial charge in [0, 0.05) is 28.2 Å². The number of aromatic nitrogens is 1. The van der Waals surface area contributed by atoms with Gasteiger partial charge in [-0.2, -0.15) is 0 Å². The standard InChI is InChI=1S/C14H19N3S/c1-2-13-3-4-14(18-13)10-12(17-15)9-11-5-7-16-8-6-11/h3-8,12,17H,2,9-10,15H2,1H3. The number of thiophene rings is 1. The summed E-state index contributed by atoms with van der Waals surface area (Å²) in [4.78, 5) is 6.85. The van der Waals surface area contributed by atoms with E-state index in [-0.39, 0.29) is 6.04 Å². The van der Waals surface area contributed by atoms with Gasteiger partial charge in [0.15, 0.2) is 0 Å². The minimum Gasteiger partial charge on any atom is -0.271 e. The molecule has 0 radical (unpaired) electrons. The lowest BCUT2D eigenvalue weighted by atomic mass is 10.0. The van der Waals surface area contributed by atoms with Crippen molar-refractivity contribution in [2.24, 2.45) is 5.84 Å². The molecule has 0 bridgehead atoms. The van der Waals surface area contributed by atoms with Crippen LogP contribution in [0.15, 0.2) is 36.7 Å². The van der Waals surface area contributed by atoms with Crippen LogP contribution in [0, 0.1) is 0 Å². The fourth-order valence-electron chi connectivity index (χ4n) is 1.96. The van der Waals surface area contributed by atoms with Gasteiger partial charge in [0.25, 0.3) is 0 Å². The van der Waals surface area contributed by atoms with E-state index < -0.39 is 0 Å². The van der Waals surface area contributed by atoms with Gasteiger partial charge >= 0.3 is 0 Å². The van der Waals surface area contributed by atoms with Crippen LogP contribution in [0.3, 0.4) is 0 Å². The van der Waals surface area contributed by atoms with Crippen molar-refractivity contribution in [3.8, 4) is 0 Å². The zero-order chi connectivity index (χ0) is 12.8. The van der Waals surface area contributed by atoms with Gasteiger partial charge in [0.05, 0.1) is 0 Å². The SMILES string of the molecule is CCc1ccc(CC(Cc2ccncc2)NN)s1. The highest BCUT2D eigenvalue weighted by molar-refractivity contribution is 7.11. The maximum atomic E-state index is 5.65.